The van der Waals surface area contributed by atoms with Crippen molar-refractivity contribution in [1.29, 1.82) is 0 Å². The number of piperidine rings is 1. The smallest absolute Gasteiger partial charge is 0.321 e. The highest BCUT2D eigenvalue weighted by Gasteiger charge is 2.42. The normalized spacial score (nSPS) is 22.7. The molecular formula is C34H43F2N3O2S. The van der Waals surface area contributed by atoms with E-state index in [1.165, 1.54) is 23.1 Å². The second kappa shape index (κ2) is 13.3. The predicted octanol–water partition coefficient (Wildman–Crippen LogP) is 7.10. The van der Waals surface area contributed by atoms with Gasteiger partial charge < -0.3 is 10.0 Å². The van der Waals surface area contributed by atoms with Gasteiger partial charge in [-0.3, -0.25) is 9.69 Å². The number of aryl methyl sites for hydroxylation is 1. The Morgan fingerprint density at radius 2 is 1.81 bits per heavy atom. The zero-order valence-electron chi connectivity index (χ0n) is 25.1. The summed E-state index contributed by atoms with van der Waals surface area (Å²) in [6, 6.07) is 13.3. The van der Waals surface area contributed by atoms with Gasteiger partial charge in [0.15, 0.2) is 0 Å². The van der Waals surface area contributed by atoms with Crippen molar-refractivity contribution in [2.24, 2.45) is 11.8 Å². The van der Waals surface area contributed by atoms with Crippen molar-refractivity contribution in [3.63, 3.8) is 0 Å². The van der Waals surface area contributed by atoms with Gasteiger partial charge in [-0.05, 0) is 112 Å². The molecule has 2 fully saturated rings. The van der Waals surface area contributed by atoms with Gasteiger partial charge in [0.1, 0.15) is 17.7 Å². The number of rotatable bonds is 10. The van der Waals surface area contributed by atoms with Crippen LogP contribution in [0, 0.1) is 30.4 Å². The number of carbonyl (C=O) groups is 1. The lowest BCUT2D eigenvalue weighted by atomic mass is 9.87. The molecule has 0 bridgehead atoms. The Morgan fingerprint density at radius 1 is 1.10 bits per heavy atom. The van der Waals surface area contributed by atoms with Crippen LogP contribution in [0.3, 0.4) is 0 Å². The molecule has 3 aromatic rings. The van der Waals surface area contributed by atoms with E-state index in [4.69, 9.17) is 4.98 Å². The van der Waals surface area contributed by atoms with E-state index < -0.39 is 12.0 Å². The van der Waals surface area contributed by atoms with Crippen molar-refractivity contribution < 1.29 is 18.7 Å². The third-order valence-corrected chi connectivity index (χ3v) is 10.8. The van der Waals surface area contributed by atoms with Gasteiger partial charge in [-0.15, -0.1) is 11.3 Å². The lowest BCUT2D eigenvalue weighted by molar-refractivity contribution is -0.145. The quantitative estimate of drug-likeness (QED) is 0.271. The first-order chi connectivity index (χ1) is 20.1. The average molecular weight is 596 g/mol. The molecule has 1 saturated heterocycles. The number of aromatic nitrogens is 1. The molecule has 1 aromatic heterocycles. The van der Waals surface area contributed by atoms with E-state index in [-0.39, 0.29) is 29.5 Å². The van der Waals surface area contributed by atoms with E-state index in [9.17, 15) is 18.7 Å². The van der Waals surface area contributed by atoms with Gasteiger partial charge in [-0.25, -0.2) is 13.8 Å². The summed E-state index contributed by atoms with van der Waals surface area (Å²) in [4.78, 5) is 22.9. The van der Waals surface area contributed by atoms with E-state index in [1.54, 1.807) is 23.5 Å². The molecule has 5 nitrogen and oxygen atoms in total. The topological polar surface area (TPSA) is 56.7 Å². The summed E-state index contributed by atoms with van der Waals surface area (Å²) in [7, 11) is 1.95. The number of thiazole rings is 1. The van der Waals surface area contributed by atoms with Crippen LogP contribution in [-0.4, -0.2) is 64.6 Å². The molecule has 42 heavy (non-hydrogen) atoms. The molecule has 1 aliphatic carbocycles. The van der Waals surface area contributed by atoms with Crippen LogP contribution in [0.25, 0.3) is 0 Å². The Balaban J connectivity index is 1.24. The van der Waals surface area contributed by atoms with Crippen LogP contribution in [0.1, 0.15) is 78.1 Å². The molecule has 3 unspecified atom stereocenters. The number of likely N-dealkylation sites (N-methyl/N-ethyl adjacent to an activating group) is 1. The SMILES string of the molecule is Cc1nc(Cc2ccc(F)cc2)sc1C1CCN(CC2CC(N(C)[C@@H](C(=O)O)C(C)C)CC2c2cccc(F)c2)CC1. The lowest BCUT2D eigenvalue weighted by Crippen LogP contribution is -2.47. The highest BCUT2D eigenvalue weighted by Crippen LogP contribution is 2.44. The second-order valence-corrected chi connectivity index (χ2v) is 13.8. The second-order valence-electron chi connectivity index (χ2n) is 12.7. The van der Waals surface area contributed by atoms with Gasteiger partial charge >= 0.3 is 5.97 Å². The Kier molecular flexibility index (Phi) is 9.75. The molecule has 226 valence electrons. The monoisotopic (exact) mass is 595 g/mol. The minimum atomic E-state index is -0.778. The van der Waals surface area contributed by atoms with E-state index >= 15 is 0 Å². The van der Waals surface area contributed by atoms with Gasteiger partial charge in [-0.2, -0.15) is 0 Å². The highest BCUT2D eigenvalue weighted by molar-refractivity contribution is 7.11. The number of hydrogen-bond acceptors (Lipinski definition) is 5. The molecule has 1 N–H and O–H groups in total. The van der Waals surface area contributed by atoms with Crippen molar-refractivity contribution in [2.45, 2.75) is 76.8 Å². The van der Waals surface area contributed by atoms with Gasteiger partial charge in [0.05, 0.1) is 10.7 Å². The van der Waals surface area contributed by atoms with Crippen LogP contribution in [0.15, 0.2) is 48.5 Å². The predicted molar refractivity (Wildman–Crippen MR) is 164 cm³/mol. The van der Waals surface area contributed by atoms with E-state index in [0.29, 0.717) is 11.8 Å². The Morgan fingerprint density at radius 3 is 2.45 bits per heavy atom. The molecule has 1 saturated carbocycles. The number of carboxylic acids is 1. The Hall–Kier alpha value is -2.68. The number of hydrogen-bond donors (Lipinski definition) is 1. The van der Waals surface area contributed by atoms with E-state index in [1.807, 2.05) is 39.1 Å². The van der Waals surface area contributed by atoms with Crippen LogP contribution >= 0.6 is 11.3 Å². The third kappa shape index (κ3) is 7.09. The Labute approximate surface area is 252 Å². The van der Waals surface area contributed by atoms with Crippen LogP contribution in [0.5, 0.6) is 0 Å². The number of likely N-dealkylation sites (tertiary alicyclic amines) is 1. The summed E-state index contributed by atoms with van der Waals surface area (Å²) in [6.45, 7) is 8.98. The third-order valence-electron chi connectivity index (χ3n) is 9.44. The standard InChI is InChI=1S/C34H43F2N3O2S/c1-21(2)32(34(40)41)38(4)29-18-26(30(19-29)25-6-5-7-28(36)17-25)20-39-14-12-24(13-15-39)33-22(3)37-31(42-33)16-23-8-10-27(35)11-9-23/h5-11,17,21,24,26,29-30,32H,12-16,18-20H2,1-4H3,(H,40,41)/t26?,29?,30?,32-/m1/s1. The minimum Gasteiger partial charge on any atom is -0.480 e. The molecule has 5 rings (SSSR count). The zero-order valence-corrected chi connectivity index (χ0v) is 25.9. The van der Waals surface area contributed by atoms with Crippen molar-refractivity contribution >= 4 is 17.3 Å². The summed E-state index contributed by atoms with van der Waals surface area (Å²) in [5, 5.41) is 11.0. The first-order valence-corrected chi connectivity index (χ1v) is 16.0. The summed E-state index contributed by atoms with van der Waals surface area (Å²) in [5.41, 5.74) is 3.21. The van der Waals surface area contributed by atoms with E-state index in [0.717, 1.165) is 73.6 Å². The first kappa shape index (κ1) is 30.8. The molecule has 1 aliphatic heterocycles. The fourth-order valence-corrected chi connectivity index (χ4v) is 8.61. The van der Waals surface area contributed by atoms with Crippen molar-refractivity contribution in [3.8, 4) is 0 Å². The summed E-state index contributed by atoms with van der Waals surface area (Å²) < 4.78 is 27.6. The number of benzene rings is 2. The number of carboxylic acid groups (broad SMARTS) is 1. The molecule has 2 aliphatic rings. The maximum Gasteiger partial charge on any atom is 0.321 e. The Bertz CT molecular complexity index is 1350. The zero-order chi connectivity index (χ0) is 30.0. The van der Waals surface area contributed by atoms with Crippen LogP contribution in [0.4, 0.5) is 8.78 Å². The van der Waals surface area contributed by atoms with Gasteiger partial charge in [0.2, 0.25) is 0 Å². The average Bonchev–Trinajstić information content (AvgIpc) is 3.53. The number of halogens is 2. The first-order valence-electron chi connectivity index (χ1n) is 15.2. The van der Waals surface area contributed by atoms with Crippen molar-refractivity contribution in [1.82, 2.24) is 14.8 Å². The summed E-state index contributed by atoms with van der Waals surface area (Å²) >= 11 is 1.80. The summed E-state index contributed by atoms with van der Waals surface area (Å²) in [5.74, 6) is -0.180. The molecular weight excluding hydrogens is 552 g/mol. The molecule has 4 atom stereocenters. The number of nitrogens with zero attached hydrogens (tertiary/aromatic N) is 3. The molecule has 2 aromatic carbocycles. The van der Waals surface area contributed by atoms with Gasteiger partial charge in [-0.1, -0.05) is 38.1 Å². The fraction of sp³-hybridized carbons (Fsp3) is 0.529. The fourth-order valence-electron chi connectivity index (χ4n) is 7.34. The number of aliphatic carboxylic acids is 1. The van der Waals surface area contributed by atoms with Crippen molar-refractivity contribution in [3.05, 3.63) is 86.9 Å². The molecule has 0 radical (unpaired) electrons. The van der Waals surface area contributed by atoms with Crippen LogP contribution in [-0.2, 0) is 11.2 Å². The summed E-state index contributed by atoms with van der Waals surface area (Å²) in [6.07, 6.45) is 4.63. The highest BCUT2D eigenvalue weighted by atomic mass is 32.1. The molecule has 2 heterocycles. The largest absolute Gasteiger partial charge is 0.480 e. The molecule has 0 amide bonds. The van der Waals surface area contributed by atoms with Crippen molar-refractivity contribution in [2.75, 3.05) is 26.7 Å². The lowest BCUT2D eigenvalue weighted by Gasteiger charge is -2.35. The maximum atomic E-state index is 14.3. The minimum absolute atomic E-state index is 0.00426. The van der Waals surface area contributed by atoms with Crippen LogP contribution < -0.4 is 0 Å². The molecule has 0 spiro atoms. The molecule has 8 heteroatoms. The van der Waals surface area contributed by atoms with Gasteiger partial charge in [0, 0.05) is 23.9 Å². The van der Waals surface area contributed by atoms with Gasteiger partial charge in [0.25, 0.3) is 0 Å². The van der Waals surface area contributed by atoms with Crippen LogP contribution in [0.2, 0.25) is 0 Å². The van der Waals surface area contributed by atoms with E-state index in [2.05, 4.69) is 16.7 Å². The maximum absolute atomic E-state index is 14.3.